The maximum atomic E-state index is 12.4. The fraction of sp³-hybridized carbons (Fsp3) is 0.500. The Morgan fingerprint density at radius 2 is 1.88 bits per heavy atom. The average Bonchev–Trinajstić information content (AvgIpc) is 3.11. The topological polar surface area (TPSA) is 61.4 Å². The largest absolute Gasteiger partial charge is 0.340 e. The zero-order valence-corrected chi connectivity index (χ0v) is 15.7. The first kappa shape index (κ1) is 17.8. The molecule has 0 bridgehead atoms. The van der Waals surface area contributed by atoms with E-state index in [2.05, 4.69) is 26.5 Å². The van der Waals surface area contributed by atoms with Crippen molar-refractivity contribution in [3.8, 4) is 0 Å². The standard InChI is InChI=1S/C18H25N5OS/c1-3-16-20-18(25-21-16)19-15-7-5-14(6-8-15)13-17(24)23-11-9-22(4-2)10-12-23/h5-8H,3-4,9-13H2,1-2H3,(H,19,20,21). The number of likely N-dealkylation sites (N-methyl/N-ethyl adjacent to an activating group) is 1. The number of piperazine rings is 1. The van der Waals surface area contributed by atoms with Gasteiger partial charge in [-0.1, -0.05) is 26.0 Å². The van der Waals surface area contributed by atoms with Gasteiger partial charge in [0.05, 0.1) is 6.42 Å². The second kappa shape index (κ2) is 8.40. The van der Waals surface area contributed by atoms with Crippen LogP contribution in [-0.2, 0) is 17.6 Å². The maximum absolute atomic E-state index is 12.4. The van der Waals surface area contributed by atoms with Crippen LogP contribution in [0.5, 0.6) is 0 Å². The van der Waals surface area contributed by atoms with Crippen LogP contribution in [0.1, 0.15) is 25.2 Å². The highest BCUT2D eigenvalue weighted by atomic mass is 32.1. The van der Waals surface area contributed by atoms with Gasteiger partial charge in [0.2, 0.25) is 11.0 Å². The second-order valence-electron chi connectivity index (χ2n) is 6.18. The zero-order valence-electron chi connectivity index (χ0n) is 14.9. The Morgan fingerprint density at radius 3 is 2.48 bits per heavy atom. The summed E-state index contributed by atoms with van der Waals surface area (Å²) in [6.45, 7) is 8.90. The first-order chi connectivity index (χ1) is 12.2. The van der Waals surface area contributed by atoms with Crippen LogP contribution >= 0.6 is 11.5 Å². The van der Waals surface area contributed by atoms with Gasteiger partial charge in [0.15, 0.2) is 0 Å². The molecule has 1 aromatic heterocycles. The van der Waals surface area contributed by atoms with Crippen molar-refractivity contribution in [3.05, 3.63) is 35.7 Å². The van der Waals surface area contributed by atoms with E-state index in [-0.39, 0.29) is 5.91 Å². The van der Waals surface area contributed by atoms with Crippen molar-refractivity contribution in [2.75, 3.05) is 38.0 Å². The number of nitrogens with zero attached hydrogens (tertiary/aromatic N) is 4. The summed E-state index contributed by atoms with van der Waals surface area (Å²) >= 11 is 1.37. The van der Waals surface area contributed by atoms with E-state index in [1.807, 2.05) is 36.1 Å². The van der Waals surface area contributed by atoms with Crippen molar-refractivity contribution in [3.63, 3.8) is 0 Å². The Labute approximate surface area is 153 Å². The number of anilines is 2. The molecular weight excluding hydrogens is 334 g/mol. The zero-order chi connectivity index (χ0) is 17.6. The van der Waals surface area contributed by atoms with E-state index in [1.54, 1.807) is 0 Å². The SMILES string of the molecule is CCc1nsc(Nc2ccc(CC(=O)N3CCN(CC)CC3)cc2)n1. The van der Waals surface area contributed by atoms with Crippen LogP contribution in [0.15, 0.2) is 24.3 Å². The Balaban J connectivity index is 1.52. The highest BCUT2D eigenvalue weighted by Crippen LogP contribution is 2.19. The molecule has 134 valence electrons. The highest BCUT2D eigenvalue weighted by molar-refractivity contribution is 7.09. The summed E-state index contributed by atoms with van der Waals surface area (Å²) in [6.07, 6.45) is 1.30. The molecule has 3 rings (SSSR count). The number of hydrogen-bond donors (Lipinski definition) is 1. The fourth-order valence-electron chi connectivity index (χ4n) is 2.88. The average molecular weight is 359 g/mol. The highest BCUT2D eigenvalue weighted by Gasteiger charge is 2.20. The summed E-state index contributed by atoms with van der Waals surface area (Å²) in [5.41, 5.74) is 2.01. The molecule has 7 heteroatoms. The third-order valence-corrected chi connectivity index (χ3v) is 5.19. The van der Waals surface area contributed by atoms with E-state index in [4.69, 9.17) is 0 Å². The molecule has 1 aliphatic heterocycles. The fourth-order valence-corrected chi connectivity index (χ4v) is 3.55. The number of hydrogen-bond acceptors (Lipinski definition) is 6. The molecule has 6 nitrogen and oxygen atoms in total. The van der Waals surface area contributed by atoms with E-state index < -0.39 is 0 Å². The van der Waals surface area contributed by atoms with Crippen LogP contribution in [0.3, 0.4) is 0 Å². The van der Waals surface area contributed by atoms with Crippen LogP contribution in [0, 0.1) is 0 Å². The van der Waals surface area contributed by atoms with Gasteiger partial charge in [0.1, 0.15) is 5.82 Å². The van der Waals surface area contributed by atoms with Gasteiger partial charge in [0.25, 0.3) is 0 Å². The second-order valence-corrected chi connectivity index (χ2v) is 6.93. The van der Waals surface area contributed by atoms with Crippen molar-refractivity contribution in [1.29, 1.82) is 0 Å². The lowest BCUT2D eigenvalue weighted by atomic mass is 10.1. The van der Waals surface area contributed by atoms with E-state index in [1.165, 1.54) is 11.5 Å². The van der Waals surface area contributed by atoms with Crippen molar-refractivity contribution in [2.24, 2.45) is 0 Å². The number of amides is 1. The number of aromatic nitrogens is 2. The molecule has 1 aromatic carbocycles. The van der Waals surface area contributed by atoms with Crippen molar-refractivity contribution in [1.82, 2.24) is 19.2 Å². The summed E-state index contributed by atoms with van der Waals surface area (Å²) in [7, 11) is 0. The summed E-state index contributed by atoms with van der Waals surface area (Å²) in [4.78, 5) is 21.2. The molecule has 2 aromatic rings. The predicted octanol–water partition coefficient (Wildman–Crippen LogP) is 2.55. The number of aryl methyl sites for hydroxylation is 1. The van der Waals surface area contributed by atoms with Crippen molar-refractivity contribution in [2.45, 2.75) is 26.7 Å². The lowest BCUT2D eigenvalue weighted by Gasteiger charge is -2.34. The Bertz CT molecular complexity index is 692. The normalized spacial score (nSPS) is 15.4. The number of carbonyl (C=O) groups excluding carboxylic acids is 1. The lowest BCUT2D eigenvalue weighted by molar-refractivity contribution is -0.132. The third-order valence-electron chi connectivity index (χ3n) is 4.52. The molecule has 0 unspecified atom stereocenters. The first-order valence-corrected chi connectivity index (χ1v) is 9.64. The maximum Gasteiger partial charge on any atom is 0.227 e. The van der Waals surface area contributed by atoms with Gasteiger partial charge < -0.3 is 15.1 Å². The molecule has 1 N–H and O–H groups in total. The molecule has 1 saturated heterocycles. The molecule has 1 amide bonds. The summed E-state index contributed by atoms with van der Waals surface area (Å²) < 4.78 is 4.27. The van der Waals surface area contributed by atoms with Crippen LogP contribution in [-0.4, -0.2) is 57.8 Å². The molecule has 0 atom stereocenters. The quantitative estimate of drug-likeness (QED) is 0.859. The summed E-state index contributed by atoms with van der Waals surface area (Å²) in [5, 5.41) is 4.06. The molecule has 1 aliphatic rings. The molecule has 0 saturated carbocycles. The van der Waals surface area contributed by atoms with Crippen LogP contribution < -0.4 is 5.32 Å². The molecule has 0 aliphatic carbocycles. The minimum atomic E-state index is 0.216. The van der Waals surface area contributed by atoms with E-state index >= 15 is 0 Å². The number of benzene rings is 1. The monoisotopic (exact) mass is 359 g/mol. The Hall–Kier alpha value is -1.99. The molecule has 2 heterocycles. The van der Waals surface area contributed by atoms with Gasteiger partial charge in [-0.05, 0) is 24.2 Å². The van der Waals surface area contributed by atoms with Crippen molar-refractivity contribution >= 4 is 28.3 Å². The van der Waals surface area contributed by atoms with Gasteiger partial charge in [-0.25, -0.2) is 4.98 Å². The predicted molar refractivity (Wildman–Crippen MR) is 101 cm³/mol. The summed E-state index contributed by atoms with van der Waals surface area (Å²) in [6, 6.07) is 7.99. The molecule has 0 radical (unpaired) electrons. The number of carbonyl (C=O) groups is 1. The van der Waals surface area contributed by atoms with Gasteiger partial charge in [-0.3, -0.25) is 4.79 Å². The van der Waals surface area contributed by atoms with Gasteiger partial charge in [-0.2, -0.15) is 4.37 Å². The van der Waals surface area contributed by atoms with Crippen LogP contribution in [0.25, 0.3) is 0 Å². The molecular formula is C18H25N5OS. The molecule has 25 heavy (non-hydrogen) atoms. The van der Waals surface area contributed by atoms with E-state index in [0.717, 1.165) is 61.4 Å². The number of rotatable bonds is 6. The molecule has 0 spiro atoms. The van der Waals surface area contributed by atoms with Crippen LogP contribution in [0.4, 0.5) is 10.8 Å². The number of nitrogens with one attached hydrogen (secondary N) is 1. The minimum absolute atomic E-state index is 0.216. The smallest absolute Gasteiger partial charge is 0.227 e. The van der Waals surface area contributed by atoms with E-state index in [9.17, 15) is 4.79 Å². The molecule has 1 fully saturated rings. The van der Waals surface area contributed by atoms with Crippen LogP contribution in [0.2, 0.25) is 0 Å². The lowest BCUT2D eigenvalue weighted by Crippen LogP contribution is -2.48. The Morgan fingerprint density at radius 1 is 1.16 bits per heavy atom. The van der Waals surface area contributed by atoms with E-state index in [0.29, 0.717) is 6.42 Å². The van der Waals surface area contributed by atoms with Crippen molar-refractivity contribution < 1.29 is 4.79 Å². The first-order valence-electron chi connectivity index (χ1n) is 8.86. The van der Waals surface area contributed by atoms with Gasteiger partial charge >= 0.3 is 0 Å². The Kier molecular flexibility index (Phi) is 5.99. The third kappa shape index (κ3) is 4.76. The van der Waals surface area contributed by atoms with Gasteiger partial charge in [-0.15, -0.1) is 0 Å². The summed E-state index contributed by atoms with van der Waals surface area (Å²) in [5.74, 6) is 1.08. The van der Waals surface area contributed by atoms with Gasteiger partial charge in [0, 0.05) is 49.8 Å². The minimum Gasteiger partial charge on any atom is -0.340 e.